The van der Waals surface area contributed by atoms with Crippen molar-refractivity contribution in [2.75, 3.05) is 12.8 Å². The van der Waals surface area contributed by atoms with Gasteiger partial charge in [0.05, 0.1) is 18.3 Å². The lowest BCUT2D eigenvalue weighted by Gasteiger charge is -2.08. The summed E-state index contributed by atoms with van der Waals surface area (Å²) in [5, 5.41) is 0. The monoisotopic (exact) mass is 257 g/mol. The van der Waals surface area contributed by atoms with Gasteiger partial charge in [0.15, 0.2) is 5.82 Å². The molecule has 0 spiro atoms. The summed E-state index contributed by atoms with van der Waals surface area (Å²) in [5.74, 6) is 0.564. The van der Waals surface area contributed by atoms with Crippen LogP contribution in [0.5, 0.6) is 5.75 Å². The SMILES string of the molecule is COc1cccc(-n2c(N)nc3c(F)cccc32)c1. The maximum absolute atomic E-state index is 13.7. The Bertz CT molecular complexity index is 752. The zero-order valence-corrected chi connectivity index (χ0v) is 10.3. The van der Waals surface area contributed by atoms with Crippen LogP contribution in [-0.4, -0.2) is 16.7 Å². The average Bonchev–Trinajstić information content (AvgIpc) is 2.77. The van der Waals surface area contributed by atoms with Gasteiger partial charge in [-0.1, -0.05) is 12.1 Å². The largest absolute Gasteiger partial charge is 0.497 e. The Morgan fingerprint density at radius 1 is 1.21 bits per heavy atom. The Morgan fingerprint density at radius 2 is 2.00 bits per heavy atom. The minimum atomic E-state index is -0.383. The molecule has 0 bridgehead atoms. The van der Waals surface area contributed by atoms with E-state index in [0.717, 1.165) is 5.69 Å². The van der Waals surface area contributed by atoms with Crippen molar-refractivity contribution in [3.63, 3.8) is 0 Å². The molecule has 1 heterocycles. The molecule has 3 aromatic rings. The number of hydrogen-bond acceptors (Lipinski definition) is 3. The number of anilines is 1. The molecule has 0 radical (unpaired) electrons. The van der Waals surface area contributed by atoms with Crippen molar-refractivity contribution >= 4 is 17.0 Å². The Morgan fingerprint density at radius 3 is 2.79 bits per heavy atom. The van der Waals surface area contributed by atoms with Gasteiger partial charge in [0.2, 0.25) is 5.95 Å². The van der Waals surface area contributed by atoms with Crippen LogP contribution < -0.4 is 10.5 Å². The number of rotatable bonds is 2. The second-order valence-electron chi connectivity index (χ2n) is 4.11. The predicted octanol–water partition coefficient (Wildman–Crippen LogP) is 2.76. The Labute approximate surface area is 109 Å². The molecule has 0 saturated heterocycles. The van der Waals surface area contributed by atoms with Crippen LogP contribution in [-0.2, 0) is 0 Å². The second kappa shape index (κ2) is 4.28. The van der Waals surface area contributed by atoms with Crippen molar-refractivity contribution in [1.29, 1.82) is 0 Å². The van der Waals surface area contributed by atoms with Gasteiger partial charge in [-0.25, -0.2) is 9.37 Å². The normalized spacial score (nSPS) is 10.8. The molecule has 96 valence electrons. The van der Waals surface area contributed by atoms with E-state index in [1.54, 1.807) is 23.8 Å². The van der Waals surface area contributed by atoms with E-state index in [2.05, 4.69) is 4.98 Å². The van der Waals surface area contributed by atoms with Crippen LogP contribution in [0.1, 0.15) is 0 Å². The van der Waals surface area contributed by atoms with E-state index in [0.29, 0.717) is 11.3 Å². The number of nitrogens with two attached hydrogens (primary N) is 1. The van der Waals surface area contributed by atoms with Crippen molar-refractivity contribution in [2.45, 2.75) is 0 Å². The number of nitrogens with zero attached hydrogens (tertiary/aromatic N) is 2. The molecule has 0 saturated carbocycles. The van der Waals surface area contributed by atoms with E-state index in [1.807, 2.05) is 24.3 Å². The number of ether oxygens (including phenoxy) is 1. The van der Waals surface area contributed by atoms with Gasteiger partial charge < -0.3 is 10.5 Å². The molecule has 19 heavy (non-hydrogen) atoms. The first-order valence-electron chi connectivity index (χ1n) is 5.77. The maximum atomic E-state index is 13.7. The van der Waals surface area contributed by atoms with Crippen LogP contribution in [0.25, 0.3) is 16.7 Å². The lowest BCUT2D eigenvalue weighted by atomic mass is 10.2. The minimum Gasteiger partial charge on any atom is -0.497 e. The summed E-state index contributed by atoms with van der Waals surface area (Å²) in [5.41, 5.74) is 7.57. The topological polar surface area (TPSA) is 53.1 Å². The van der Waals surface area contributed by atoms with Gasteiger partial charge in [-0.15, -0.1) is 0 Å². The third kappa shape index (κ3) is 1.79. The molecule has 0 aliphatic heterocycles. The Kier molecular flexibility index (Phi) is 2.59. The second-order valence-corrected chi connectivity index (χ2v) is 4.11. The van der Waals surface area contributed by atoms with Crippen molar-refractivity contribution in [2.24, 2.45) is 0 Å². The summed E-state index contributed by atoms with van der Waals surface area (Å²) in [6.07, 6.45) is 0. The Hall–Kier alpha value is -2.56. The van der Waals surface area contributed by atoms with E-state index in [4.69, 9.17) is 10.5 Å². The third-order valence-corrected chi connectivity index (χ3v) is 2.97. The fourth-order valence-corrected chi connectivity index (χ4v) is 2.10. The highest BCUT2D eigenvalue weighted by Gasteiger charge is 2.13. The van der Waals surface area contributed by atoms with Gasteiger partial charge in [0.1, 0.15) is 11.3 Å². The summed E-state index contributed by atoms with van der Waals surface area (Å²) in [7, 11) is 1.59. The smallest absolute Gasteiger partial charge is 0.206 e. The summed E-state index contributed by atoms with van der Waals surface area (Å²) in [6.45, 7) is 0. The highest BCUT2D eigenvalue weighted by molar-refractivity contribution is 5.81. The van der Waals surface area contributed by atoms with Crippen molar-refractivity contribution < 1.29 is 9.13 Å². The minimum absolute atomic E-state index is 0.244. The molecule has 2 N–H and O–H groups in total. The summed E-state index contributed by atoms with van der Waals surface area (Å²) in [4.78, 5) is 4.07. The number of fused-ring (bicyclic) bond motifs is 1. The molecule has 0 atom stereocenters. The van der Waals surface area contributed by atoms with Gasteiger partial charge in [0.25, 0.3) is 0 Å². The fraction of sp³-hybridized carbons (Fsp3) is 0.0714. The van der Waals surface area contributed by atoms with Crippen LogP contribution in [0.2, 0.25) is 0 Å². The van der Waals surface area contributed by atoms with Crippen LogP contribution in [0.4, 0.5) is 10.3 Å². The zero-order valence-electron chi connectivity index (χ0n) is 10.3. The molecule has 0 aliphatic rings. The number of hydrogen-bond donors (Lipinski definition) is 1. The number of methoxy groups -OCH3 is 1. The van der Waals surface area contributed by atoms with E-state index in [9.17, 15) is 4.39 Å². The van der Waals surface area contributed by atoms with Crippen molar-refractivity contribution in [3.05, 3.63) is 48.3 Å². The van der Waals surface area contributed by atoms with Crippen LogP contribution in [0.15, 0.2) is 42.5 Å². The molecule has 2 aromatic carbocycles. The number of aromatic nitrogens is 2. The molecule has 3 rings (SSSR count). The summed E-state index contributed by atoms with van der Waals surface area (Å²) >= 11 is 0. The first-order chi connectivity index (χ1) is 9.20. The highest BCUT2D eigenvalue weighted by atomic mass is 19.1. The van der Waals surface area contributed by atoms with Gasteiger partial charge >= 0.3 is 0 Å². The molecule has 4 nitrogen and oxygen atoms in total. The third-order valence-electron chi connectivity index (χ3n) is 2.97. The number of para-hydroxylation sites is 1. The molecule has 0 unspecified atom stereocenters. The molecule has 5 heteroatoms. The van der Waals surface area contributed by atoms with Crippen molar-refractivity contribution in [3.8, 4) is 11.4 Å². The van der Waals surface area contributed by atoms with Crippen LogP contribution in [0.3, 0.4) is 0 Å². The van der Waals surface area contributed by atoms with Gasteiger partial charge in [-0.2, -0.15) is 0 Å². The molecule has 0 aliphatic carbocycles. The lowest BCUT2D eigenvalue weighted by molar-refractivity contribution is 0.414. The van der Waals surface area contributed by atoms with Crippen molar-refractivity contribution in [1.82, 2.24) is 9.55 Å². The van der Waals surface area contributed by atoms with Crippen LogP contribution in [0, 0.1) is 5.82 Å². The molecule has 1 aromatic heterocycles. The Balaban J connectivity index is 2.30. The quantitative estimate of drug-likeness (QED) is 0.768. The first-order valence-corrected chi connectivity index (χ1v) is 5.77. The average molecular weight is 257 g/mol. The number of benzene rings is 2. The number of halogens is 1. The highest BCUT2D eigenvalue weighted by Crippen LogP contribution is 2.26. The summed E-state index contributed by atoms with van der Waals surface area (Å²) in [6, 6.07) is 12.1. The van der Waals surface area contributed by atoms with E-state index in [1.165, 1.54) is 6.07 Å². The van der Waals surface area contributed by atoms with Gasteiger partial charge in [-0.3, -0.25) is 4.57 Å². The fourth-order valence-electron chi connectivity index (χ4n) is 2.10. The van der Waals surface area contributed by atoms with Gasteiger partial charge in [-0.05, 0) is 24.3 Å². The van der Waals surface area contributed by atoms with Crippen LogP contribution >= 0.6 is 0 Å². The molecule has 0 fully saturated rings. The van der Waals surface area contributed by atoms with E-state index < -0.39 is 0 Å². The molecular formula is C14H12FN3O. The summed E-state index contributed by atoms with van der Waals surface area (Å²) < 4.78 is 20.6. The van der Waals surface area contributed by atoms with Gasteiger partial charge in [0, 0.05) is 6.07 Å². The first kappa shape index (κ1) is 11.5. The lowest BCUT2D eigenvalue weighted by Crippen LogP contribution is -2.00. The number of nitrogen functional groups attached to an aromatic ring is 1. The van der Waals surface area contributed by atoms with E-state index in [-0.39, 0.29) is 17.3 Å². The molecular weight excluding hydrogens is 245 g/mol. The predicted molar refractivity (Wildman–Crippen MR) is 72.0 cm³/mol. The standard InChI is InChI=1S/C14H12FN3O/c1-19-10-5-2-4-9(8-10)18-12-7-3-6-11(15)13(12)17-14(18)16/h2-8H,1H3,(H2,16,17). The number of imidazole rings is 1. The zero-order chi connectivity index (χ0) is 13.4. The molecule has 0 amide bonds. The van der Waals surface area contributed by atoms with E-state index >= 15 is 0 Å². The maximum Gasteiger partial charge on any atom is 0.206 e.